The fraction of sp³-hybridized carbons (Fsp3) is 0.550. The van der Waals surface area contributed by atoms with Crippen LogP contribution in [0.2, 0.25) is 0 Å². The second-order valence-electron chi connectivity index (χ2n) is 7.21. The van der Waals surface area contributed by atoms with Gasteiger partial charge in [-0.15, -0.1) is 0 Å². The first kappa shape index (κ1) is 20.9. The number of amides is 3. The number of hydrogen-bond acceptors (Lipinski definition) is 4. The molecule has 27 heavy (non-hydrogen) atoms. The molecule has 1 aliphatic rings. The molecule has 1 atom stereocenters. The van der Waals surface area contributed by atoms with Crippen LogP contribution in [0.15, 0.2) is 24.3 Å². The zero-order valence-corrected chi connectivity index (χ0v) is 16.6. The second kappa shape index (κ2) is 9.50. The van der Waals surface area contributed by atoms with Crippen molar-refractivity contribution in [3.8, 4) is 0 Å². The number of likely N-dealkylation sites (N-methyl/N-ethyl adjacent to an activating group) is 1. The third kappa shape index (κ3) is 5.79. The van der Waals surface area contributed by atoms with E-state index in [2.05, 4.69) is 15.5 Å². The Morgan fingerprint density at radius 1 is 1.19 bits per heavy atom. The van der Waals surface area contributed by atoms with Crippen molar-refractivity contribution in [2.45, 2.75) is 32.7 Å². The van der Waals surface area contributed by atoms with Crippen LogP contribution in [0.25, 0.3) is 0 Å². The molecule has 0 aromatic heterocycles. The van der Waals surface area contributed by atoms with Gasteiger partial charge in [-0.3, -0.25) is 19.3 Å². The number of likely N-dealkylation sites (tertiary alicyclic amines) is 1. The summed E-state index contributed by atoms with van der Waals surface area (Å²) in [5, 5.41) is 5.49. The maximum atomic E-state index is 12.7. The quantitative estimate of drug-likeness (QED) is 0.785. The van der Waals surface area contributed by atoms with Crippen LogP contribution < -0.4 is 10.6 Å². The highest BCUT2D eigenvalue weighted by Crippen LogP contribution is 2.19. The van der Waals surface area contributed by atoms with Crippen LogP contribution in [0.5, 0.6) is 0 Å². The van der Waals surface area contributed by atoms with Gasteiger partial charge >= 0.3 is 0 Å². The molecular weight excluding hydrogens is 344 g/mol. The monoisotopic (exact) mass is 374 g/mol. The summed E-state index contributed by atoms with van der Waals surface area (Å²) in [5.41, 5.74) is 1.84. The summed E-state index contributed by atoms with van der Waals surface area (Å²) in [4.78, 5) is 40.1. The molecular formula is C20H30N4O3. The maximum absolute atomic E-state index is 12.7. The van der Waals surface area contributed by atoms with Gasteiger partial charge in [0.15, 0.2) is 0 Å². The molecule has 1 fully saturated rings. The van der Waals surface area contributed by atoms with Gasteiger partial charge in [-0.05, 0) is 51.9 Å². The third-order valence-corrected chi connectivity index (χ3v) is 5.14. The number of piperidine rings is 1. The Labute approximate surface area is 161 Å². The second-order valence-corrected chi connectivity index (χ2v) is 7.21. The van der Waals surface area contributed by atoms with Gasteiger partial charge in [0.2, 0.25) is 17.7 Å². The molecule has 1 aromatic carbocycles. The van der Waals surface area contributed by atoms with Crippen molar-refractivity contribution in [1.29, 1.82) is 0 Å². The van der Waals surface area contributed by atoms with E-state index in [-0.39, 0.29) is 36.2 Å². The SMILES string of the molecule is CNC(=O)C1CCN(C(C)C(=O)N(C)CC(=O)Nc2ccc(C)cc2)CC1. The van der Waals surface area contributed by atoms with Crippen LogP contribution in [-0.2, 0) is 14.4 Å². The molecule has 0 bridgehead atoms. The largest absolute Gasteiger partial charge is 0.359 e. The third-order valence-electron chi connectivity index (χ3n) is 5.14. The average molecular weight is 374 g/mol. The van der Waals surface area contributed by atoms with E-state index >= 15 is 0 Å². The predicted molar refractivity (Wildman–Crippen MR) is 105 cm³/mol. The zero-order valence-electron chi connectivity index (χ0n) is 16.6. The topological polar surface area (TPSA) is 81.8 Å². The number of nitrogens with zero attached hydrogens (tertiary/aromatic N) is 2. The van der Waals surface area contributed by atoms with Gasteiger partial charge in [0.1, 0.15) is 0 Å². The Kier molecular flexibility index (Phi) is 7.36. The molecule has 148 valence electrons. The molecule has 3 amide bonds. The first-order valence-electron chi connectivity index (χ1n) is 9.39. The average Bonchev–Trinajstić information content (AvgIpc) is 2.68. The van der Waals surface area contributed by atoms with Gasteiger partial charge in [0, 0.05) is 25.7 Å². The Morgan fingerprint density at radius 2 is 1.78 bits per heavy atom. The van der Waals surface area contributed by atoms with Crippen molar-refractivity contribution in [1.82, 2.24) is 15.1 Å². The van der Waals surface area contributed by atoms with Crippen LogP contribution in [0.3, 0.4) is 0 Å². The minimum absolute atomic E-state index is 0.00571. The molecule has 1 saturated heterocycles. The highest BCUT2D eigenvalue weighted by atomic mass is 16.2. The molecule has 0 aliphatic carbocycles. The van der Waals surface area contributed by atoms with E-state index in [1.807, 2.05) is 38.1 Å². The summed E-state index contributed by atoms with van der Waals surface area (Å²) in [6.07, 6.45) is 1.49. The van der Waals surface area contributed by atoms with E-state index in [0.717, 1.165) is 24.1 Å². The standard InChI is InChI=1S/C20H30N4O3/c1-14-5-7-17(8-6-14)22-18(25)13-23(4)20(27)15(2)24-11-9-16(10-12-24)19(26)21-3/h5-8,15-16H,9-13H2,1-4H3,(H,21,26)(H,22,25). The number of rotatable bonds is 6. The summed E-state index contributed by atoms with van der Waals surface area (Å²) < 4.78 is 0. The lowest BCUT2D eigenvalue weighted by molar-refractivity contribution is -0.138. The fourth-order valence-corrected chi connectivity index (χ4v) is 3.36. The first-order valence-corrected chi connectivity index (χ1v) is 9.39. The number of carbonyl (C=O) groups is 3. The molecule has 1 heterocycles. The lowest BCUT2D eigenvalue weighted by Crippen LogP contribution is -2.51. The summed E-state index contributed by atoms with van der Waals surface area (Å²) in [5.74, 6) is -0.224. The van der Waals surface area contributed by atoms with Crippen molar-refractivity contribution in [3.05, 3.63) is 29.8 Å². The molecule has 0 spiro atoms. The van der Waals surface area contributed by atoms with Crippen LogP contribution in [0.4, 0.5) is 5.69 Å². The van der Waals surface area contributed by atoms with Crippen molar-refractivity contribution >= 4 is 23.4 Å². The summed E-state index contributed by atoms with van der Waals surface area (Å²) in [6, 6.07) is 7.22. The van der Waals surface area contributed by atoms with E-state index in [0.29, 0.717) is 13.1 Å². The van der Waals surface area contributed by atoms with Crippen molar-refractivity contribution in [3.63, 3.8) is 0 Å². The number of aryl methyl sites for hydroxylation is 1. The number of benzene rings is 1. The van der Waals surface area contributed by atoms with Gasteiger partial charge in [0.25, 0.3) is 0 Å². The Balaban J connectivity index is 1.82. The van der Waals surface area contributed by atoms with Crippen molar-refractivity contribution < 1.29 is 14.4 Å². The highest BCUT2D eigenvalue weighted by Gasteiger charge is 2.30. The summed E-state index contributed by atoms with van der Waals surface area (Å²) in [7, 11) is 3.29. The van der Waals surface area contributed by atoms with Crippen LogP contribution in [0.1, 0.15) is 25.3 Å². The Morgan fingerprint density at radius 3 is 2.33 bits per heavy atom. The van der Waals surface area contributed by atoms with Crippen LogP contribution in [-0.4, -0.2) is 67.3 Å². The van der Waals surface area contributed by atoms with Gasteiger partial charge in [-0.1, -0.05) is 17.7 Å². The normalized spacial score (nSPS) is 16.4. The van der Waals surface area contributed by atoms with Gasteiger partial charge in [-0.2, -0.15) is 0 Å². The van der Waals surface area contributed by atoms with Crippen molar-refractivity contribution in [2.75, 3.05) is 39.0 Å². The molecule has 7 heteroatoms. The zero-order chi connectivity index (χ0) is 20.0. The molecule has 0 radical (unpaired) electrons. The van der Waals surface area contributed by atoms with E-state index in [9.17, 15) is 14.4 Å². The van der Waals surface area contributed by atoms with E-state index in [1.54, 1.807) is 14.1 Å². The van der Waals surface area contributed by atoms with Crippen molar-refractivity contribution in [2.24, 2.45) is 5.92 Å². The van der Waals surface area contributed by atoms with Gasteiger partial charge in [0.05, 0.1) is 12.6 Å². The highest BCUT2D eigenvalue weighted by molar-refractivity contribution is 5.95. The summed E-state index contributed by atoms with van der Waals surface area (Å²) in [6.45, 7) is 5.25. The summed E-state index contributed by atoms with van der Waals surface area (Å²) >= 11 is 0. The molecule has 2 rings (SSSR count). The Bertz CT molecular complexity index is 666. The number of carbonyl (C=O) groups excluding carboxylic acids is 3. The van der Waals surface area contributed by atoms with Crippen LogP contribution >= 0.6 is 0 Å². The predicted octanol–water partition coefficient (Wildman–Crippen LogP) is 1.24. The van der Waals surface area contributed by atoms with Gasteiger partial charge < -0.3 is 15.5 Å². The molecule has 1 aromatic rings. The van der Waals surface area contributed by atoms with Crippen LogP contribution in [0, 0.1) is 12.8 Å². The molecule has 1 unspecified atom stereocenters. The maximum Gasteiger partial charge on any atom is 0.243 e. The lowest BCUT2D eigenvalue weighted by atomic mass is 9.95. The lowest BCUT2D eigenvalue weighted by Gasteiger charge is -2.36. The fourth-order valence-electron chi connectivity index (χ4n) is 3.36. The number of anilines is 1. The minimum Gasteiger partial charge on any atom is -0.359 e. The van der Waals surface area contributed by atoms with Gasteiger partial charge in [-0.25, -0.2) is 0 Å². The smallest absolute Gasteiger partial charge is 0.243 e. The minimum atomic E-state index is -0.312. The molecule has 2 N–H and O–H groups in total. The van der Waals surface area contributed by atoms with E-state index in [4.69, 9.17) is 0 Å². The first-order chi connectivity index (χ1) is 12.8. The van der Waals surface area contributed by atoms with E-state index in [1.165, 1.54) is 4.90 Å². The molecule has 1 aliphatic heterocycles. The molecule has 7 nitrogen and oxygen atoms in total. The number of hydrogen-bond donors (Lipinski definition) is 2. The molecule has 0 saturated carbocycles. The van der Waals surface area contributed by atoms with E-state index < -0.39 is 0 Å². The number of nitrogens with one attached hydrogen (secondary N) is 2. The Hall–Kier alpha value is -2.41.